The molecule has 25 heavy (non-hydrogen) atoms. The number of hydrogen-bond acceptors (Lipinski definition) is 3. The second kappa shape index (κ2) is 6.96. The van der Waals surface area contributed by atoms with E-state index in [-0.39, 0.29) is 24.1 Å². The van der Waals surface area contributed by atoms with Gasteiger partial charge in [-0.2, -0.15) is 0 Å². The predicted molar refractivity (Wildman–Crippen MR) is 100 cm³/mol. The Morgan fingerprint density at radius 1 is 1.16 bits per heavy atom. The van der Waals surface area contributed by atoms with Gasteiger partial charge in [-0.15, -0.1) is 0 Å². The predicted octanol–water partition coefficient (Wildman–Crippen LogP) is 4.71. The van der Waals surface area contributed by atoms with Crippen LogP contribution in [0.15, 0.2) is 47.2 Å². The van der Waals surface area contributed by atoms with Gasteiger partial charge in [-0.25, -0.2) is 0 Å². The molecule has 0 spiro atoms. The third-order valence-electron chi connectivity index (χ3n) is 5.04. The quantitative estimate of drug-likeness (QED) is 0.720. The Morgan fingerprint density at radius 2 is 1.84 bits per heavy atom. The van der Waals surface area contributed by atoms with Gasteiger partial charge in [-0.05, 0) is 43.2 Å². The van der Waals surface area contributed by atoms with E-state index in [2.05, 4.69) is 20.9 Å². The second-order valence-electron chi connectivity index (χ2n) is 6.62. The molecule has 3 heterocycles. The number of aromatic nitrogens is 1. The van der Waals surface area contributed by atoms with Crippen LogP contribution >= 0.6 is 27.5 Å². The first-order valence-corrected chi connectivity index (χ1v) is 9.63. The topological polar surface area (TPSA) is 42.4 Å². The molecule has 1 amide bonds. The van der Waals surface area contributed by atoms with Crippen LogP contribution in [0.5, 0.6) is 5.75 Å². The molecular formula is C19H18BrClN2O2. The number of rotatable bonds is 3. The fraction of sp³-hybridized carbons (Fsp3) is 0.368. The van der Waals surface area contributed by atoms with E-state index in [0.717, 1.165) is 35.9 Å². The van der Waals surface area contributed by atoms with E-state index in [1.54, 1.807) is 18.5 Å². The van der Waals surface area contributed by atoms with Crippen molar-refractivity contribution >= 4 is 33.4 Å². The zero-order valence-electron chi connectivity index (χ0n) is 13.6. The maximum absolute atomic E-state index is 13.1. The smallest absolute Gasteiger partial charge is 0.255 e. The molecule has 2 saturated heterocycles. The summed E-state index contributed by atoms with van der Waals surface area (Å²) in [6.07, 6.45) is 7.38. The number of halogens is 2. The summed E-state index contributed by atoms with van der Waals surface area (Å²) >= 11 is 9.69. The molecule has 6 heteroatoms. The van der Waals surface area contributed by atoms with E-state index in [1.807, 2.05) is 29.2 Å². The molecule has 4 nitrogen and oxygen atoms in total. The van der Waals surface area contributed by atoms with Crippen LogP contribution in [0, 0.1) is 0 Å². The zero-order chi connectivity index (χ0) is 17.4. The average molecular weight is 422 g/mol. The lowest BCUT2D eigenvalue weighted by atomic mass is 9.98. The Bertz CT molecular complexity index is 772. The minimum atomic E-state index is 0.0289. The van der Waals surface area contributed by atoms with Crippen LogP contribution in [0.2, 0.25) is 5.02 Å². The van der Waals surface area contributed by atoms with E-state index in [1.165, 1.54) is 0 Å². The summed E-state index contributed by atoms with van der Waals surface area (Å²) in [4.78, 5) is 19.1. The highest BCUT2D eigenvalue weighted by Crippen LogP contribution is 2.39. The van der Waals surface area contributed by atoms with Crippen molar-refractivity contribution in [3.05, 3.63) is 57.8 Å². The Hall–Kier alpha value is -1.59. The molecule has 2 atom stereocenters. The summed E-state index contributed by atoms with van der Waals surface area (Å²) < 4.78 is 6.97. The Kier molecular flexibility index (Phi) is 4.69. The molecule has 2 aliphatic rings. The molecule has 0 N–H and O–H groups in total. The summed E-state index contributed by atoms with van der Waals surface area (Å²) in [5.41, 5.74) is 0.571. The third kappa shape index (κ3) is 3.40. The van der Waals surface area contributed by atoms with E-state index in [9.17, 15) is 4.79 Å². The second-order valence-corrected chi connectivity index (χ2v) is 7.94. The summed E-state index contributed by atoms with van der Waals surface area (Å²) in [5.74, 6) is 0.871. The molecule has 0 aliphatic carbocycles. The molecule has 2 aliphatic heterocycles. The normalized spacial score (nSPS) is 25.0. The molecule has 130 valence electrons. The lowest BCUT2D eigenvalue weighted by Gasteiger charge is -2.39. The van der Waals surface area contributed by atoms with Crippen molar-refractivity contribution in [2.24, 2.45) is 0 Å². The van der Waals surface area contributed by atoms with E-state index in [0.29, 0.717) is 10.6 Å². The van der Waals surface area contributed by atoms with Gasteiger partial charge in [0.25, 0.3) is 5.91 Å². The van der Waals surface area contributed by atoms with E-state index < -0.39 is 0 Å². The number of ether oxygens (including phenoxy) is 1. The van der Waals surface area contributed by atoms with Crippen LogP contribution in [-0.4, -0.2) is 34.0 Å². The fourth-order valence-corrected chi connectivity index (χ4v) is 4.52. The molecular weight excluding hydrogens is 404 g/mol. The number of benzene rings is 1. The van der Waals surface area contributed by atoms with Gasteiger partial charge in [0.2, 0.25) is 0 Å². The van der Waals surface area contributed by atoms with Crippen molar-refractivity contribution in [1.82, 2.24) is 9.88 Å². The molecule has 1 aromatic heterocycles. The van der Waals surface area contributed by atoms with Gasteiger partial charge in [-0.1, -0.05) is 27.5 Å². The molecule has 1 aromatic carbocycles. The van der Waals surface area contributed by atoms with Crippen LogP contribution in [-0.2, 0) is 0 Å². The Balaban J connectivity index is 1.50. The number of pyridine rings is 1. The van der Waals surface area contributed by atoms with Crippen molar-refractivity contribution in [3.63, 3.8) is 0 Å². The number of nitrogens with zero attached hydrogens (tertiary/aromatic N) is 2. The minimum absolute atomic E-state index is 0.0289. The van der Waals surface area contributed by atoms with Gasteiger partial charge in [0.15, 0.2) is 0 Å². The summed E-state index contributed by atoms with van der Waals surface area (Å²) in [7, 11) is 0. The summed E-state index contributed by atoms with van der Waals surface area (Å²) in [6, 6.07) is 9.61. The number of hydrogen-bond donors (Lipinski definition) is 0. The summed E-state index contributed by atoms with van der Waals surface area (Å²) in [5, 5.41) is 0.503. The standard InChI is InChI=1S/C19H18BrClN2O2/c20-12-1-4-18(21)17(9-12)19(24)23-13-2-3-14(23)11-16(10-13)25-15-5-7-22-8-6-15/h1,4-9,13-14,16H,2-3,10-11H2. The monoisotopic (exact) mass is 420 g/mol. The third-order valence-corrected chi connectivity index (χ3v) is 5.86. The first-order valence-electron chi connectivity index (χ1n) is 8.46. The van der Waals surface area contributed by atoms with Crippen molar-refractivity contribution < 1.29 is 9.53 Å². The first kappa shape index (κ1) is 16.9. The fourth-order valence-electron chi connectivity index (χ4n) is 3.96. The number of piperidine rings is 1. The van der Waals surface area contributed by atoms with Crippen LogP contribution in [0.25, 0.3) is 0 Å². The lowest BCUT2D eigenvalue weighted by molar-refractivity contribution is 0.0359. The SMILES string of the molecule is O=C(c1cc(Br)ccc1Cl)N1C2CCC1CC(Oc1ccncc1)C2. The maximum Gasteiger partial charge on any atom is 0.255 e. The molecule has 0 radical (unpaired) electrons. The Labute approximate surface area is 160 Å². The summed E-state index contributed by atoms with van der Waals surface area (Å²) in [6.45, 7) is 0. The van der Waals surface area contributed by atoms with Gasteiger partial charge in [-0.3, -0.25) is 9.78 Å². The van der Waals surface area contributed by atoms with Gasteiger partial charge < -0.3 is 9.64 Å². The minimum Gasteiger partial charge on any atom is -0.490 e. The van der Waals surface area contributed by atoms with Gasteiger partial charge in [0, 0.05) is 41.8 Å². The van der Waals surface area contributed by atoms with Crippen LogP contribution in [0.3, 0.4) is 0 Å². The molecule has 0 saturated carbocycles. The van der Waals surface area contributed by atoms with Crippen molar-refractivity contribution in [3.8, 4) is 5.75 Å². The number of carbonyl (C=O) groups is 1. The number of fused-ring (bicyclic) bond motifs is 2. The van der Waals surface area contributed by atoms with Crippen molar-refractivity contribution in [2.75, 3.05) is 0 Å². The van der Waals surface area contributed by atoms with Crippen LogP contribution in [0.4, 0.5) is 0 Å². The largest absolute Gasteiger partial charge is 0.490 e. The molecule has 2 aromatic rings. The first-order chi connectivity index (χ1) is 12.1. The molecule has 2 unspecified atom stereocenters. The Morgan fingerprint density at radius 3 is 2.52 bits per heavy atom. The van der Waals surface area contributed by atoms with Crippen molar-refractivity contribution in [2.45, 2.75) is 43.9 Å². The lowest BCUT2D eigenvalue weighted by Crippen LogP contribution is -2.49. The molecule has 2 fully saturated rings. The van der Waals surface area contributed by atoms with E-state index >= 15 is 0 Å². The number of carbonyl (C=O) groups excluding carboxylic acids is 1. The highest BCUT2D eigenvalue weighted by Gasteiger charge is 2.44. The van der Waals surface area contributed by atoms with Gasteiger partial charge in [0.1, 0.15) is 11.9 Å². The maximum atomic E-state index is 13.1. The van der Waals surface area contributed by atoms with Crippen molar-refractivity contribution in [1.29, 1.82) is 0 Å². The van der Waals surface area contributed by atoms with Crippen LogP contribution in [0.1, 0.15) is 36.0 Å². The zero-order valence-corrected chi connectivity index (χ0v) is 15.9. The molecule has 2 bridgehead atoms. The van der Waals surface area contributed by atoms with E-state index in [4.69, 9.17) is 16.3 Å². The number of amides is 1. The van der Waals surface area contributed by atoms with Gasteiger partial charge >= 0.3 is 0 Å². The van der Waals surface area contributed by atoms with Gasteiger partial charge in [0.05, 0.1) is 10.6 Å². The molecule has 4 rings (SSSR count). The highest BCUT2D eigenvalue weighted by molar-refractivity contribution is 9.10. The highest BCUT2D eigenvalue weighted by atomic mass is 79.9. The average Bonchev–Trinajstić information content (AvgIpc) is 2.88. The van der Waals surface area contributed by atoms with Crippen LogP contribution < -0.4 is 4.74 Å².